The smallest absolute Gasteiger partial charge is 0.305 e. The van der Waals surface area contributed by atoms with Gasteiger partial charge in [-0.1, -0.05) is 320 Å². The fourth-order valence-corrected chi connectivity index (χ4v) is 10.8. The number of hydrogen-bond acceptors (Lipinski definition) is 5. The normalized spacial score (nSPS) is 12.7. The summed E-state index contributed by atoms with van der Waals surface area (Å²) in [6, 6.07) is -0.545. The van der Waals surface area contributed by atoms with Crippen molar-refractivity contribution in [2.75, 3.05) is 13.2 Å². The molecule has 1 amide bonds. The lowest BCUT2D eigenvalue weighted by Crippen LogP contribution is -2.45. The highest BCUT2D eigenvalue weighted by atomic mass is 16.5. The zero-order valence-electron chi connectivity index (χ0n) is 52.0. The van der Waals surface area contributed by atoms with E-state index in [-0.39, 0.29) is 18.5 Å². The van der Waals surface area contributed by atoms with Gasteiger partial charge >= 0.3 is 5.97 Å². The summed E-state index contributed by atoms with van der Waals surface area (Å²) in [6.07, 6.45) is 84.6. The second-order valence-electron chi connectivity index (χ2n) is 23.9. The molecule has 0 aromatic carbocycles. The van der Waals surface area contributed by atoms with Crippen LogP contribution in [0.2, 0.25) is 0 Å². The monoisotopic (exact) mass is 1080 g/mol. The van der Waals surface area contributed by atoms with Crippen molar-refractivity contribution in [2.45, 2.75) is 392 Å². The van der Waals surface area contributed by atoms with Gasteiger partial charge in [-0.15, -0.1) is 0 Å². The molecule has 0 spiro atoms. The quantitative estimate of drug-likeness (QED) is 0.0320. The minimum absolute atomic E-state index is 0.000471. The molecule has 2 atom stereocenters. The van der Waals surface area contributed by atoms with Gasteiger partial charge in [0.2, 0.25) is 5.91 Å². The predicted molar refractivity (Wildman–Crippen MR) is 338 cm³/mol. The summed E-state index contributed by atoms with van der Waals surface area (Å²) in [5.74, 6) is -0.0344. The lowest BCUT2D eigenvalue weighted by molar-refractivity contribution is -0.143. The molecule has 77 heavy (non-hydrogen) atoms. The molecule has 2 unspecified atom stereocenters. The van der Waals surface area contributed by atoms with E-state index < -0.39 is 12.1 Å². The lowest BCUT2D eigenvalue weighted by atomic mass is 10.0. The fraction of sp³-hybridized carbons (Fsp3) is 0.887. The van der Waals surface area contributed by atoms with Crippen LogP contribution >= 0.6 is 0 Å². The summed E-state index contributed by atoms with van der Waals surface area (Å²) in [6.45, 7) is 4.96. The maximum atomic E-state index is 12.5. The molecular weight excluding hydrogens is 947 g/mol. The molecule has 0 heterocycles. The van der Waals surface area contributed by atoms with E-state index in [2.05, 4.69) is 55.6 Å². The number of rotatable bonds is 65. The molecule has 0 rings (SSSR count). The minimum Gasteiger partial charge on any atom is -0.466 e. The van der Waals surface area contributed by atoms with Crippen LogP contribution < -0.4 is 5.32 Å². The van der Waals surface area contributed by atoms with Gasteiger partial charge in [-0.2, -0.15) is 0 Å². The Kier molecular flexibility index (Phi) is 64.9. The Labute approximate surface area is 481 Å². The maximum absolute atomic E-state index is 12.5. The molecule has 0 saturated heterocycles. The first kappa shape index (κ1) is 75.1. The average Bonchev–Trinajstić information content (AvgIpc) is 3.43. The number of nitrogens with one attached hydrogen (secondary N) is 1. The van der Waals surface area contributed by atoms with Gasteiger partial charge in [0.15, 0.2) is 0 Å². The van der Waals surface area contributed by atoms with Crippen LogP contribution in [0.5, 0.6) is 0 Å². The molecule has 0 aromatic rings. The Morgan fingerprint density at radius 3 is 1.01 bits per heavy atom. The summed E-state index contributed by atoms with van der Waals surface area (Å²) in [4.78, 5) is 24.6. The van der Waals surface area contributed by atoms with Crippen molar-refractivity contribution in [3.8, 4) is 0 Å². The van der Waals surface area contributed by atoms with Crippen LogP contribution in [0.25, 0.3) is 0 Å². The van der Waals surface area contributed by atoms with Gasteiger partial charge in [-0.25, -0.2) is 0 Å². The van der Waals surface area contributed by atoms with Gasteiger partial charge in [0.05, 0.1) is 25.4 Å². The number of unbranched alkanes of at least 4 members (excludes halogenated alkanes) is 48. The van der Waals surface area contributed by atoms with Gasteiger partial charge in [-0.3, -0.25) is 9.59 Å². The first-order chi connectivity index (χ1) is 38.0. The van der Waals surface area contributed by atoms with Crippen LogP contribution in [0.1, 0.15) is 380 Å². The van der Waals surface area contributed by atoms with Crippen molar-refractivity contribution in [3.05, 3.63) is 36.5 Å². The van der Waals surface area contributed by atoms with Crippen LogP contribution in [0.3, 0.4) is 0 Å². The topological polar surface area (TPSA) is 95.9 Å². The van der Waals surface area contributed by atoms with Gasteiger partial charge in [-0.05, 0) is 83.5 Å². The number of hydrogen-bond donors (Lipinski definition) is 3. The summed E-state index contributed by atoms with van der Waals surface area (Å²) in [7, 11) is 0. The highest BCUT2D eigenvalue weighted by Gasteiger charge is 2.20. The molecule has 0 bridgehead atoms. The highest BCUT2D eigenvalue weighted by molar-refractivity contribution is 5.76. The number of amides is 1. The van der Waals surface area contributed by atoms with E-state index in [0.29, 0.717) is 25.9 Å². The Morgan fingerprint density at radius 1 is 0.364 bits per heavy atom. The number of carbonyl (C=O) groups is 2. The maximum Gasteiger partial charge on any atom is 0.305 e. The molecule has 0 aliphatic heterocycles. The van der Waals surface area contributed by atoms with Crippen LogP contribution in [-0.4, -0.2) is 47.4 Å². The number of esters is 1. The van der Waals surface area contributed by atoms with E-state index in [9.17, 15) is 19.8 Å². The number of carbonyl (C=O) groups excluding carboxylic acids is 2. The Balaban J connectivity index is 3.40. The molecule has 0 aliphatic carbocycles. The van der Waals surface area contributed by atoms with E-state index in [4.69, 9.17) is 4.74 Å². The molecule has 454 valence electrons. The third-order valence-electron chi connectivity index (χ3n) is 16.2. The summed E-state index contributed by atoms with van der Waals surface area (Å²) in [5.41, 5.74) is 0. The summed E-state index contributed by atoms with van der Waals surface area (Å²) < 4.78 is 5.49. The van der Waals surface area contributed by atoms with E-state index in [1.807, 2.05) is 0 Å². The molecular formula is C71H135NO5. The van der Waals surface area contributed by atoms with Crippen molar-refractivity contribution in [1.29, 1.82) is 0 Å². The third kappa shape index (κ3) is 63.1. The van der Waals surface area contributed by atoms with E-state index in [0.717, 1.165) is 51.4 Å². The van der Waals surface area contributed by atoms with Crippen LogP contribution in [-0.2, 0) is 14.3 Å². The second-order valence-corrected chi connectivity index (χ2v) is 23.9. The summed E-state index contributed by atoms with van der Waals surface area (Å²) >= 11 is 0. The third-order valence-corrected chi connectivity index (χ3v) is 16.2. The van der Waals surface area contributed by atoms with Crippen molar-refractivity contribution >= 4 is 11.9 Å². The summed E-state index contributed by atoms with van der Waals surface area (Å²) in [5, 5.41) is 23.4. The average molecular weight is 1080 g/mol. The number of ether oxygens (including phenoxy) is 1. The zero-order chi connectivity index (χ0) is 55.7. The molecule has 0 aromatic heterocycles. The molecule has 0 radical (unpaired) electrons. The lowest BCUT2D eigenvalue weighted by Gasteiger charge is -2.22. The molecule has 6 heteroatoms. The molecule has 0 saturated carbocycles. The Bertz CT molecular complexity index is 1250. The first-order valence-electron chi connectivity index (χ1n) is 34.7. The number of aliphatic hydroxyl groups excluding tert-OH is 2. The largest absolute Gasteiger partial charge is 0.466 e. The minimum atomic E-state index is -0.667. The van der Waals surface area contributed by atoms with Gasteiger partial charge in [0, 0.05) is 12.8 Å². The van der Waals surface area contributed by atoms with Crippen molar-refractivity contribution < 1.29 is 24.5 Å². The fourth-order valence-electron chi connectivity index (χ4n) is 10.8. The van der Waals surface area contributed by atoms with Crippen molar-refractivity contribution in [3.63, 3.8) is 0 Å². The van der Waals surface area contributed by atoms with Crippen LogP contribution in [0.4, 0.5) is 0 Å². The standard InChI is InChI=1S/C71H135NO5/c1-3-5-7-9-11-13-15-17-19-21-29-32-35-39-43-47-51-55-59-63-69(74)68(67-73)72-70(75)64-60-56-52-48-44-40-36-33-30-27-25-23-22-24-26-28-31-34-38-42-46-50-54-58-62-66-77-71(76)65-61-57-53-49-45-41-37-20-18-16-14-12-10-8-6-4-2/h14,16,20,23,25,37,68-69,73-74H,3-13,15,17-19,21-22,24,26-36,38-67H2,1-2H3,(H,72,75)/b16-14-,25-23-,37-20-. The van der Waals surface area contributed by atoms with E-state index in [1.54, 1.807) is 0 Å². The molecule has 3 N–H and O–H groups in total. The molecule has 0 fully saturated rings. The zero-order valence-corrected chi connectivity index (χ0v) is 52.0. The first-order valence-corrected chi connectivity index (χ1v) is 34.7. The van der Waals surface area contributed by atoms with Crippen LogP contribution in [0.15, 0.2) is 36.5 Å². The predicted octanol–water partition coefficient (Wildman–Crippen LogP) is 22.3. The van der Waals surface area contributed by atoms with Crippen LogP contribution in [0, 0.1) is 0 Å². The van der Waals surface area contributed by atoms with Gasteiger partial charge in [0.25, 0.3) is 0 Å². The van der Waals surface area contributed by atoms with Gasteiger partial charge in [0.1, 0.15) is 0 Å². The SMILES string of the molecule is CCCCCC/C=C\C/C=C\CCCCCCCC(=O)OCCCCCCCCCCCCCC/C=C\CCCCCCCCCCCC(=O)NC(CO)C(O)CCCCCCCCCCCCCCCCCCCCC. The second kappa shape index (κ2) is 66.6. The molecule has 0 aliphatic rings. The number of aliphatic hydroxyl groups is 2. The van der Waals surface area contributed by atoms with Crippen molar-refractivity contribution in [1.82, 2.24) is 5.32 Å². The van der Waals surface area contributed by atoms with E-state index >= 15 is 0 Å². The number of allylic oxidation sites excluding steroid dienone is 6. The highest BCUT2D eigenvalue weighted by Crippen LogP contribution is 2.18. The Hall–Kier alpha value is -1.92. The van der Waals surface area contributed by atoms with Crippen molar-refractivity contribution in [2.24, 2.45) is 0 Å². The Morgan fingerprint density at radius 2 is 0.649 bits per heavy atom. The van der Waals surface area contributed by atoms with E-state index in [1.165, 1.54) is 295 Å². The molecule has 6 nitrogen and oxygen atoms in total. The van der Waals surface area contributed by atoms with Gasteiger partial charge < -0.3 is 20.3 Å².